The van der Waals surface area contributed by atoms with Crippen molar-refractivity contribution in [1.82, 2.24) is 4.98 Å². The van der Waals surface area contributed by atoms with Crippen LogP contribution in [-0.2, 0) is 9.05 Å². The fraction of sp³-hybridized carbons (Fsp3) is 0.167. The number of nitrogens with zero attached hydrogens (tertiary/aromatic N) is 1. The van der Waals surface area contributed by atoms with Crippen LogP contribution in [0.1, 0.15) is 12.1 Å². The van der Waals surface area contributed by atoms with Crippen LogP contribution < -0.4 is 0 Å². The van der Waals surface area contributed by atoms with Crippen molar-refractivity contribution in [2.45, 2.75) is 11.3 Å². The van der Waals surface area contributed by atoms with E-state index in [9.17, 15) is 17.2 Å². The molecule has 1 heterocycles. The Morgan fingerprint density at radius 2 is 2.07 bits per heavy atom. The van der Waals surface area contributed by atoms with Crippen molar-refractivity contribution in [3.8, 4) is 0 Å². The average Bonchev–Trinajstić information content (AvgIpc) is 2.06. The van der Waals surface area contributed by atoms with E-state index >= 15 is 0 Å². The first-order valence-corrected chi connectivity index (χ1v) is 7.50. The van der Waals surface area contributed by atoms with E-state index in [-0.39, 0.29) is 8.17 Å². The molecule has 15 heavy (non-hydrogen) atoms. The highest BCUT2D eigenvalue weighted by molar-refractivity contribution is 14.1. The number of rotatable bonds is 2. The molecule has 0 aliphatic heterocycles. The normalized spacial score (nSPS) is 12.1. The Balaban J connectivity index is 3.56. The van der Waals surface area contributed by atoms with Crippen LogP contribution in [0, 0.1) is 3.70 Å². The Labute approximate surface area is 111 Å². The number of aromatic nitrogens is 1. The molecule has 0 bridgehead atoms. The second kappa shape index (κ2) is 4.76. The van der Waals surface area contributed by atoms with E-state index in [2.05, 4.69) is 20.9 Å². The van der Waals surface area contributed by atoms with Crippen LogP contribution in [0.4, 0.5) is 8.78 Å². The molecule has 0 amide bonds. The van der Waals surface area contributed by atoms with Crippen molar-refractivity contribution >= 4 is 58.3 Å². The van der Waals surface area contributed by atoms with Crippen LogP contribution in [0.5, 0.6) is 0 Å². The Kier molecular flexibility index (Phi) is 4.29. The van der Waals surface area contributed by atoms with E-state index in [0.717, 1.165) is 6.07 Å². The highest BCUT2D eigenvalue weighted by Crippen LogP contribution is 2.33. The molecule has 0 spiro atoms. The van der Waals surface area contributed by atoms with Gasteiger partial charge in [-0.1, -0.05) is 0 Å². The maximum absolute atomic E-state index is 12.4. The molecule has 0 aromatic carbocycles. The molecule has 0 aliphatic rings. The molecule has 0 radical (unpaired) electrons. The Morgan fingerprint density at radius 1 is 1.53 bits per heavy atom. The first-order chi connectivity index (χ1) is 6.73. The first kappa shape index (κ1) is 13.5. The van der Waals surface area contributed by atoms with Crippen molar-refractivity contribution in [3.05, 3.63) is 19.9 Å². The predicted molar refractivity (Wildman–Crippen MR) is 62.6 cm³/mol. The largest absolute Gasteiger partial charge is 0.281 e. The minimum Gasteiger partial charge on any atom is -0.240 e. The van der Waals surface area contributed by atoms with Gasteiger partial charge >= 0.3 is 0 Å². The van der Waals surface area contributed by atoms with Crippen LogP contribution in [0.3, 0.4) is 0 Å². The summed E-state index contributed by atoms with van der Waals surface area (Å²) in [7, 11) is 1.01. The SMILES string of the molecule is O=S(=O)(Cl)c1cc(I)nc(C(F)F)c1Br. The number of alkyl halides is 2. The van der Waals surface area contributed by atoms with Crippen LogP contribution in [-0.4, -0.2) is 13.4 Å². The average molecular weight is 432 g/mol. The number of hydrogen-bond acceptors (Lipinski definition) is 3. The standard InChI is InChI=1S/C6H2BrClF2INO2S/c7-4-2(15(8,13)14)1-3(11)12-5(4)6(9)10/h1,6H. The van der Waals surface area contributed by atoms with Crippen LogP contribution in [0.15, 0.2) is 15.4 Å². The molecule has 0 unspecified atom stereocenters. The van der Waals surface area contributed by atoms with E-state index in [0.29, 0.717) is 0 Å². The topological polar surface area (TPSA) is 47.0 Å². The zero-order chi connectivity index (χ0) is 11.8. The highest BCUT2D eigenvalue weighted by atomic mass is 127. The van der Waals surface area contributed by atoms with E-state index in [1.54, 1.807) is 22.6 Å². The molecule has 0 saturated carbocycles. The van der Waals surface area contributed by atoms with Crippen molar-refractivity contribution in [2.24, 2.45) is 0 Å². The molecular weight excluding hydrogens is 430 g/mol. The summed E-state index contributed by atoms with van der Waals surface area (Å²) >= 11 is 4.38. The Bertz CT molecular complexity index is 496. The molecule has 0 atom stereocenters. The summed E-state index contributed by atoms with van der Waals surface area (Å²) in [6, 6.07) is 1.11. The molecule has 1 rings (SSSR count). The summed E-state index contributed by atoms with van der Waals surface area (Å²) in [6.45, 7) is 0. The van der Waals surface area contributed by atoms with Gasteiger partial charge in [0, 0.05) is 10.7 Å². The van der Waals surface area contributed by atoms with Gasteiger partial charge in [0.2, 0.25) is 0 Å². The summed E-state index contributed by atoms with van der Waals surface area (Å²) in [5.41, 5.74) is -0.638. The van der Waals surface area contributed by atoms with Gasteiger partial charge in [0.05, 0.1) is 4.47 Å². The molecule has 1 aromatic heterocycles. The lowest BCUT2D eigenvalue weighted by Crippen LogP contribution is -2.01. The zero-order valence-corrected chi connectivity index (χ0v) is 12.0. The summed E-state index contributed by atoms with van der Waals surface area (Å²) in [4.78, 5) is 3.11. The van der Waals surface area contributed by atoms with Crippen molar-refractivity contribution in [1.29, 1.82) is 0 Å². The molecule has 84 valence electrons. The van der Waals surface area contributed by atoms with Gasteiger partial charge in [0.25, 0.3) is 15.5 Å². The van der Waals surface area contributed by atoms with Crippen molar-refractivity contribution < 1.29 is 17.2 Å². The van der Waals surface area contributed by atoms with Crippen LogP contribution in [0.25, 0.3) is 0 Å². The molecule has 0 N–H and O–H groups in total. The summed E-state index contributed by atoms with van der Waals surface area (Å²) in [5, 5.41) is 0. The minimum absolute atomic E-state index is 0.130. The van der Waals surface area contributed by atoms with E-state index < -0.39 is 26.1 Å². The summed E-state index contributed by atoms with van der Waals surface area (Å²) < 4.78 is 46.8. The smallest absolute Gasteiger partial charge is 0.240 e. The van der Waals surface area contributed by atoms with Gasteiger partial charge in [-0.25, -0.2) is 22.2 Å². The van der Waals surface area contributed by atoms with Gasteiger partial charge in [-0.05, 0) is 44.6 Å². The fourth-order valence-electron chi connectivity index (χ4n) is 0.816. The lowest BCUT2D eigenvalue weighted by molar-refractivity contribution is 0.144. The Hall–Kier alpha value is 0.460. The van der Waals surface area contributed by atoms with Gasteiger partial charge in [-0.15, -0.1) is 0 Å². The van der Waals surface area contributed by atoms with Gasteiger partial charge < -0.3 is 0 Å². The molecular formula is C6H2BrClF2INO2S. The third-order valence-corrected chi connectivity index (χ3v) is 4.38. The maximum atomic E-state index is 12.4. The van der Waals surface area contributed by atoms with E-state index in [4.69, 9.17) is 10.7 Å². The molecule has 0 fully saturated rings. The fourth-order valence-corrected chi connectivity index (χ4v) is 3.83. The lowest BCUT2D eigenvalue weighted by Gasteiger charge is -2.06. The zero-order valence-electron chi connectivity index (χ0n) is 6.72. The van der Waals surface area contributed by atoms with E-state index in [1.807, 2.05) is 0 Å². The van der Waals surface area contributed by atoms with Gasteiger partial charge in [0.1, 0.15) is 14.3 Å². The number of pyridine rings is 1. The second-order valence-corrected chi connectivity index (χ2v) is 6.81. The summed E-state index contributed by atoms with van der Waals surface area (Å²) in [5.74, 6) is 0. The maximum Gasteiger partial charge on any atom is 0.281 e. The molecule has 0 saturated heterocycles. The van der Waals surface area contributed by atoms with Crippen LogP contribution >= 0.6 is 49.2 Å². The summed E-state index contributed by atoms with van der Waals surface area (Å²) in [6.07, 6.45) is -2.87. The Morgan fingerprint density at radius 3 is 2.47 bits per heavy atom. The molecule has 9 heteroatoms. The predicted octanol–water partition coefficient (Wildman–Crippen LogP) is 3.31. The van der Waals surface area contributed by atoms with Crippen molar-refractivity contribution in [3.63, 3.8) is 0 Å². The molecule has 0 aliphatic carbocycles. The minimum atomic E-state index is -4.06. The third-order valence-electron chi connectivity index (χ3n) is 1.39. The van der Waals surface area contributed by atoms with Gasteiger partial charge in [0.15, 0.2) is 0 Å². The highest BCUT2D eigenvalue weighted by Gasteiger charge is 2.23. The third kappa shape index (κ3) is 3.21. The van der Waals surface area contributed by atoms with Gasteiger partial charge in [-0.2, -0.15) is 0 Å². The lowest BCUT2D eigenvalue weighted by atomic mass is 10.4. The van der Waals surface area contributed by atoms with Gasteiger partial charge in [-0.3, -0.25) is 0 Å². The van der Waals surface area contributed by atoms with E-state index in [1.165, 1.54) is 0 Å². The van der Waals surface area contributed by atoms with Crippen molar-refractivity contribution in [2.75, 3.05) is 0 Å². The first-order valence-electron chi connectivity index (χ1n) is 3.32. The quantitative estimate of drug-likeness (QED) is 0.409. The second-order valence-electron chi connectivity index (χ2n) is 2.38. The number of hydrogen-bond donors (Lipinski definition) is 0. The molecule has 1 aromatic rings. The number of halogens is 5. The van der Waals surface area contributed by atoms with Crippen LogP contribution in [0.2, 0.25) is 0 Å². The molecule has 3 nitrogen and oxygen atoms in total. The monoisotopic (exact) mass is 431 g/mol.